The van der Waals surface area contributed by atoms with Crippen LogP contribution < -0.4 is 0 Å². The van der Waals surface area contributed by atoms with E-state index in [4.69, 9.17) is 0 Å². The lowest BCUT2D eigenvalue weighted by Crippen LogP contribution is -1.92. The number of hydrogen-bond acceptors (Lipinski definition) is 0. The molecule has 0 aromatic heterocycles. The van der Waals surface area contributed by atoms with Gasteiger partial charge in [-0.15, -0.1) is 0 Å². The van der Waals surface area contributed by atoms with Crippen LogP contribution in [-0.4, -0.2) is 10.2 Å². The molecule has 0 N–H and O–H groups in total. The van der Waals surface area contributed by atoms with Crippen molar-refractivity contribution in [3.63, 3.8) is 0 Å². The predicted molar refractivity (Wildman–Crippen MR) is 133 cm³/mol. The quantitative estimate of drug-likeness (QED) is 0.0879. The second kappa shape index (κ2) is 24.2. The molecule has 0 saturated carbocycles. The van der Waals surface area contributed by atoms with E-state index < -0.39 is 0 Å². The van der Waals surface area contributed by atoms with Crippen molar-refractivity contribution in [2.45, 2.75) is 114 Å². The van der Waals surface area contributed by atoms with E-state index in [9.17, 15) is 0 Å². The fourth-order valence-corrected chi connectivity index (χ4v) is 3.95. The molecule has 0 bridgehead atoms. The number of halogens is 2. The van der Waals surface area contributed by atoms with Crippen molar-refractivity contribution in [2.24, 2.45) is 0 Å². The molecule has 27 heavy (non-hydrogen) atoms. The fraction of sp³-hybridized carbons (Fsp3) is 0.760. The van der Waals surface area contributed by atoms with Crippen LogP contribution in [0.4, 0.5) is 0 Å². The molecule has 2 heteroatoms. The van der Waals surface area contributed by atoms with Gasteiger partial charge in [0.25, 0.3) is 0 Å². The highest BCUT2D eigenvalue weighted by molar-refractivity contribution is 9.09. The molecule has 0 radical (unpaired) electrons. The second-order valence-corrected chi connectivity index (χ2v) is 9.36. The van der Waals surface area contributed by atoms with Gasteiger partial charge in [0.15, 0.2) is 0 Å². The SMILES string of the molecule is CCCCCCCCC/C=C\C(Br)CCCCCCCC=CCC=CCBr. The fourth-order valence-electron chi connectivity index (χ4n) is 3.14. The van der Waals surface area contributed by atoms with E-state index in [1.54, 1.807) is 0 Å². The Hall–Kier alpha value is 0.180. The molecule has 0 amide bonds. The summed E-state index contributed by atoms with van der Waals surface area (Å²) in [6, 6.07) is 0. The summed E-state index contributed by atoms with van der Waals surface area (Å²) >= 11 is 7.21. The first-order valence-corrected chi connectivity index (χ1v) is 13.5. The maximum Gasteiger partial charge on any atom is 0.0325 e. The molecule has 0 saturated heterocycles. The van der Waals surface area contributed by atoms with E-state index in [1.807, 2.05) is 0 Å². The van der Waals surface area contributed by atoms with Gasteiger partial charge < -0.3 is 0 Å². The first kappa shape index (κ1) is 27.2. The third kappa shape index (κ3) is 24.1. The Balaban J connectivity index is 3.31. The van der Waals surface area contributed by atoms with Gasteiger partial charge in [-0.1, -0.05) is 139 Å². The standard InChI is InChI=1S/C25H44Br2/c1-2-3-4-5-6-10-13-16-19-22-25(27)23-20-17-14-11-8-7-9-12-15-18-21-24-26/h9,12,18-19,21-22,25H,2-8,10-11,13-17,20,23-24H2,1H3/b12-9?,21-18?,22-19-. The van der Waals surface area contributed by atoms with Crippen molar-refractivity contribution in [1.29, 1.82) is 0 Å². The van der Waals surface area contributed by atoms with Gasteiger partial charge in [0.05, 0.1) is 0 Å². The molecule has 0 aromatic rings. The molecule has 0 aromatic carbocycles. The van der Waals surface area contributed by atoms with Crippen molar-refractivity contribution < 1.29 is 0 Å². The van der Waals surface area contributed by atoms with Gasteiger partial charge in [-0.2, -0.15) is 0 Å². The second-order valence-electron chi connectivity index (χ2n) is 7.53. The Morgan fingerprint density at radius 2 is 1.19 bits per heavy atom. The van der Waals surface area contributed by atoms with Gasteiger partial charge in [0.2, 0.25) is 0 Å². The highest BCUT2D eigenvalue weighted by Gasteiger charge is 1.99. The average Bonchev–Trinajstić information content (AvgIpc) is 2.67. The molecule has 0 rings (SSSR count). The van der Waals surface area contributed by atoms with Gasteiger partial charge >= 0.3 is 0 Å². The molecule has 0 fully saturated rings. The summed E-state index contributed by atoms with van der Waals surface area (Å²) in [7, 11) is 0. The van der Waals surface area contributed by atoms with Crippen LogP contribution in [0.2, 0.25) is 0 Å². The molecule has 0 aliphatic carbocycles. The molecular formula is C25H44Br2. The van der Waals surface area contributed by atoms with Crippen LogP contribution in [0.15, 0.2) is 36.5 Å². The lowest BCUT2D eigenvalue weighted by molar-refractivity contribution is 0.591. The minimum Gasteiger partial charge on any atom is -0.0883 e. The van der Waals surface area contributed by atoms with Crippen LogP contribution in [0, 0.1) is 0 Å². The molecule has 0 spiro atoms. The van der Waals surface area contributed by atoms with E-state index in [0.717, 1.165) is 11.8 Å². The lowest BCUT2D eigenvalue weighted by Gasteiger charge is -2.05. The minimum absolute atomic E-state index is 0.581. The molecule has 0 heterocycles. The third-order valence-electron chi connectivity index (χ3n) is 4.86. The zero-order valence-electron chi connectivity index (χ0n) is 17.8. The number of rotatable bonds is 20. The predicted octanol–water partition coefficient (Wildman–Crippen LogP) is 10.1. The molecule has 0 nitrogen and oxygen atoms in total. The maximum absolute atomic E-state index is 3.81. The molecule has 1 unspecified atom stereocenters. The van der Waals surface area contributed by atoms with Gasteiger partial charge in [-0.3, -0.25) is 0 Å². The van der Waals surface area contributed by atoms with Gasteiger partial charge in [-0.25, -0.2) is 0 Å². The molecule has 0 aliphatic rings. The smallest absolute Gasteiger partial charge is 0.0325 e. The lowest BCUT2D eigenvalue weighted by atomic mass is 10.1. The van der Waals surface area contributed by atoms with E-state index >= 15 is 0 Å². The summed E-state index contributed by atoms with van der Waals surface area (Å²) < 4.78 is 0. The van der Waals surface area contributed by atoms with Gasteiger partial charge in [-0.05, 0) is 38.5 Å². The van der Waals surface area contributed by atoms with Crippen molar-refractivity contribution in [3.8, 4) is 0 Å². The Kier molecular flexibility index (Phi) is 24.4. The van der Waals surface area contributed by atoms with Crippen molar-refractivity contribution in [2.75, 3.05) is 5.33 Å². The number of alkyl halides is 2. The first-order chi connectivity index (χ1) is 13.3. The van der Waals surface area contributed by atoms with Crippen LogP contribution in [-0.2, 0) is 0 Å². The van der Waals surface area contributed by atoms with Crippen LogP contribution in [0.3, 0.4) is 0 Å². The summed E-state index contributed by atoms with van der Waals surface area (Å²) in [6.07, 6.45) is 35.3. The number of unbranched alkanes of at least 4 members (excludes halogenated alkanes) is 12. The monoisotopic (exact) mass is 502 g/mol. The van der Waals surface area contributed by atoms with Crippen LogP contribution in [0.1, 0.15) is 110 Å². The third-order valence-corrected chi connectivity index (χ3v) is 6.00. The Labute approximate surface area is 187 Å². The van der Waals surface area contributed by atoms with Gasteiger partial charge in [0.1, 0.15) is 0 Å². The summed E-state index contributed by atoms with van der Waals surface area (Å²) in [5.74, 6) is 0. The molecule has 1 atom stereocenters. The molecular weight excluding hydrogens is 460 g/mol. The zero-order chi connectivity index (χ0) is 19.8. The van der Waals surface area contributed by atoms with E-state index in [1.165, 1.54) is 96.3 Å². The van der Waals surface area contributed by atoms with Crippen molar-refractivity contribution in [1.82, 2.24) is 0 Å². The first-order valence-electron chi connectivity index (χ1n) is 11.5. The summed E-state index contributed by atoms with van der Waals surface area (Å²) in [5, 5.41) is 0.963. The number of hydrogen-bond donors (Lipinski definition) is 0. The summed E-state index contributed by atoms with van der Waals surface area (Å²) in [6.45, 7) is 2.29. The Morgan fingerprint density at radius 1 is 0.630 bits per heavy atom. The Morgan fingerprint density at radius 3 is 1.85 bits per heavy atom. The average molecular weight is 504 g/mol. The highest BCUT2D eigenvalue weighted by atomic mass is 79.9. The molecule has 0 aliphatic heterocycles. The summed E-state index contributed by atoms with van der Waals surface area (Å²) in [4.78, 5) is 0.581. The molecule has 158 valence electrons. The zero-order valence-corrected chi connectivity index (χ0v) is 21.0. The largest absolute Gasteiger partial charge is 0.0883 e. The number of allylic oxidation sites excluding steroid dienone is 6. The normalized spacial score (nSPS) is 13.4. The van der Waals surface area contributed by atoms with Crippen LogP contribution in [0.5, 0.6) is 0 Å². The maximum atomic E-state index is 3.81. The minimum atomic E-state index is 0.581. The topological polar surface area (TPSA) is 0 Å². The van der Waals surface area contributed by atoms with Gasteiger partial charge in [0, 0.05) is 10.2 Å². The van der Waals surface area contributed by atoms with Crippen LogP contribution in [0.25, 0.3) is 0 Å². The van der Waals surface area contributed by atoms with E-state index in [2.05, 4.69) is 75.2 Å². The van der Waals surface area contributed by atoms with E-state index in [-0.39, 0.29) is 0 Å². The highest BCUT2D eigenvalue weighted by Crippen LogP contribution is 2.15. The van der Waals surface area contributed by atoms with Crippen molar-refractivity contribution >= 4 is 31.9 Å². The summed E-state index contributed by atoms with van der Waals surface area (Å²) in [5.41, 5.74) is 0. The van der Waals surface area contributed by atoms with Crippen LogP contribution >= 0.6 is 31.9 Å². The Bertz CT molecular complexity index is 357. The van der Waals surface area contributed by atoms with E-state index in [0.29, 0.717) is 4.83 Å². The van der Waals surface area contributed by atoms with Crippen molar-refractivity contribution in [3.05, 3.63) is 36.5 Å².